The van der Waals surface area contributed by atoms with E-state index in [1.807, 2.05) is 18.3 Å². The zero-order valence-electron chi connectivity index (χ0n) is 37.7. The molecule has 0 amide bonds. The fourth-order valence-electron chi connectivity index (χ4n) is 6.33. The van der Waals surface area contributed by atoms with Crippen molar-refractivity contribution in [3.63, 3.8) is 0 Å². The lowest BCUT2D eigenvalue weighted by molar-refractivity contribution is 0.317. The molecule has 3 heteroatoms. The van der Waals surface area contributed by atoms with Gasteiger partial charge in [-0.15, -0.1) is 0 Å². The first-order valence-corrected chi connectivity index (χ1v) is 22.4. The van der Waals surface area contributed by atoms with Crippen LogP contribution in [0.15, 0.2) is 95.9 Å². The van der Waals surface area contributed by atoms with Crippen molar-refractivity contribution in [1.29, 1.82) is 0 Å². The average Bonchev–Trinajstić information content (AvgIpc) is 3.91. The first kappa shape index (κ1) is 49.9. The molecular weight excluding hydrogens is 669 g/mol. The Labute approximate surface area is 341 Å². The topological polar surface area (TPSA) is 26.5 Å². The Morgan fingerprint density at radius 3 is 1.56 bits per heavy atom. The number of methoxy groups -OCH3 is 1. The molecule has 0 N–H and O–H groups in total. The van der Waals surface area contributed by atoms with Gasteiger partial charge in [0, 0.05) is 37.3 Å². The third-order valence-electron chi connectivity index (χ3n) is 10.2. The Kier molecular flexibility index (Phi) is 29.1. The van der Waals surface area contributed by atoms with Crippen molar-refractivity contribution in [2.24, 2.45) is 40.5 Å². The van der Waals surface area contributed by atoms with Crippen LogP contribution in [-0.2, 0) is 19.4 Å². The van der Waals surface area contributed by atoms with E-state index >= 15 is 0 Å². The van der Waals surface area contributed by atoms with Gasteiger partial charge in [0.25, 0.3) is 0 Å². The summed E-state index contributed by atoms with van der Waals surface area (Å²) in [6, 6.07) is 23.1. The Hall–Kier alpha value is -3.07. The number of hydrogen-bond acceptors (Lipinski definition) is 2. The molecule has 1 fully saturated rings. The van der Waals surface area contributed by atoms with Gasteiger partial charge >= 0.3 is 0 Å². The number of rotatable bonds is 16. The molecule has 2 aromatic carbocycles. The van der Waals surface area contributed by atoms with Gasteiger partial charge < -0.3 is 9.30 Å². The lowest BCUT2D eigenvalue weighted by atomic mass is 9.85. The summed E-state index contributed by atoms with van der Waals surface area (Å²) in [7, 11) is 1.70. The normalized spacial score (nSPS) is 13.7. The van der Waals surface area contributed by atoms with Crippen molar-refractivity contribution in [1.82, 2.24) is 4.57 Å². The molecule has 1 aliphatic heterocycles. The van der Waals surface area contributed by atoms with E-state index in [4.69, 9.17) is 4.74 Å². The van der Waals surface area contributed by atoms with E-state index in [1.54, 1.807) is 7.11 Å². The van der Waals surface area contributed by atoms with Gasteiger partial charge in [-0.05, 0) is 116 Å². The van der Waals surface area contributed by atoms with Gasteiger partial charge in [-0.2, -0.15) is 0 Å². The van der Waals surface area contributed by atoms with Crippen LogP contribution in [0.1, 0.15) is 164 Å². The number of aromatic nitrogens is 1. The molecule has 0 atom stereocenters. The minimum absolute atomic E-state index is 0.780. The van der Waals surface area contributed by atoms with Gasteiger partial charge in [-0.3, -0.25) is 4.99 Å². The highest BCUT2D eigenvalue weighted by atomic mass is 16.5. The van der Waals surface area contributed by atoms with Crippen LogP contribution in [0.4, 0.5) is 0 Å². The van der Waals surface area contributed by atoms with E-state index in [0.29, 0.717) is 0 Å². The summed E-state index contributed by atoms with van der Waals surface area (Å²) in [6.07, 6.45) is 28.6. The van der Waals surface area contributed by atoms with Crippen molar-refractivity contribution in [2.45, 2.75) is 172 Å². The summed E-state index contributed by atoms with van der Waals surface area (Å²) in [5.74, 6) is 6.15. The predicted molar refractivity (Wildman–Crippen MR) is 246 cm³/mol. The van der Waals surface area contributed by atoms with E-state index in [0.717, 1.165) is 60.6 Å². The van der Waals surface area contributed by atoms with E-state index < -0.39 is 0 Å². The number of nitrogens with zero attached hydrogens (tertiary/aromatic N) is 2. The summed E-state index contributed by atoms with van der Waals surface area (Å²) in [5, 5.41) is 0. The highest BCUT2D eigenvalue weighted by Gasteiger charge is 2.13. The molecule has 0 bridgehead atoms. The summed E-state index contributed by atoms with van der Waals surface area (Å²) >= 11 is 0. The smallest absolute Gasteiger partial charge is 0.118 e. The van der Waals surface area contributed by atoms with E-state index in [2.05, 4.69) is 152 Å². The third kappa shape index (κ3) is 29.8. The maximum atomic E-state index is 5.09. The lowest BCUT2D eigenvalue weighted by Gasteiger charge is -2.21. The number of aryl methyl sites for hydroxylation is 3. The second-order valence-corrected chi connectivity index (χ2v) is 18.0. The van der Waals surface area contributed by atoms with Crippen LogP contribution in [-0.4, -0.2) is 17.9 Å². The molecule has 0 saturated heterocycles. The van der Waals surface area contributed by atoms with Gasteiger partial charge in [0.05, 0.1) is 7.11 Å². The number of ether oxygens (including phenoxy) is 1. The van der Waals surface area contributed by atoms with Crippen molar-refractivity contribution in [3.8, 4) is 5.75 Å². The highest BCUT2D eigenvalue weighted by Crippen LogP contribution is 2.28. The second kappa shape index (κ2) is 32.1. The van der Waals surface area contributed by atoms with E-state index in [9.17, 15) is 0 Å². The number of hydrogen-bond donors (Lipinski definition) is 0. The minimum Gasteiger partial charge on any atom is -0.497 e. The molecule has 3 nitrogen and oxygen atoms in total. The Bertz CT molecular complexity index is 1310. The number of benzene rings is 2. The minimum atomic E-state index is 0.780. The summed E-state index contributed by atoms with van der Waals surface area (Å²) < 4.78 is 7.32. The SMILES string of the molecule is CC(C)CCC1=CCC=N1.CC(C)CCC1CCCCC1.CC(C)CCc1ccccc1.CC(C)CCn1cccc1.COc1ccc(CCC(C)C)cc1. The largest absolute Gasteiger partial charge is 0.497 e. The van der Waals surface area contributed by atoms with Gasteiger partial charge in [0.2, 0.25) is 0 Å². The molecule has 310 valence electrons. The van der Waals surface area contributed by atoms with Gasteiger partial charge in [-0.25, -0.2) is 0 Å². The molecule has 5 rings (SSSR count). The fourth-order valence-corrected chi connectivity index (χ4v) is 6.33. The van der Waals surface area contributed by atoms with E-state index in [1.165, 1.54) is 100 Å². The zero-order chi connectivity index (χ0) is 40.7. The van der Waals surface area contributed by atoms with Crippen LogP contribution in [0, 0.1) is 35.5 Å². The van der Waals surface area contributed by atoms with Crippen LogP contribution in [0.25, 0.3) is 0 Å². The molecule has 3 aromatic rings. The molecule has 2 aliphatic rings. The monoisotopic (exact) mass is 755 g/mol. The second-order valence-electron chi connectivity index (χ2n) is 18.0. The zero-order valence-corrected chi connectivity index (χ0v) is 37.7. The maximum absolute atomic E-state index is 5.09. The number of allylic oxidation sites excluding steroid dienone is 2. The summed E-state index contributed by atoms with van der Waals surface area (Å²) in [5.41, 5.74) is 4.14. The van der Waals surface area contributed by atoms with Crippen LogP contribution in [0.2, 0.25) is 0 Å². The molecule has 0 radical (unpaired) electrons. The fraction of sp³-hybridized carbons (Fsp3) is 0.635. The Morgan fingerprint density at radius 2 is 1.09 bits per heavy atom. The predicted octanol–water partition coefficient (Wildman–Crippen LogP) is 15.9. The van der Waals surface area contributed by atoms with Crippen LogP contribution in [0.5, 0.6) is 5.75 Å². The quantitative estimate of drug-likeness (QED) is 0.143. The first-order valence-electron chi connectivity index (χ1n) is 22.4. The van der Waals surface area contributed by atoms with Gasteiger partial charge in [0.15, 0.2) is 0 Å². The molecular formula is C52H86N2O. The maximum Gasteiger partial charge on any atom is 0.118 e. The van der Waals surface area contributed by atoms with Crippen molar-refractivity contribution < 1.29 is 4.74 Å². The molecule has 1 saturated carbocycles. The molecule has 55 heavy (non-hydrogen) atoms. The molecule has 1 aliphatic carbocycles. The highest BCUT2D eigenvalue weighted by molar-refractivity contribution is 5.64. The third-order valence-corrected chi connectivity index (χ3v) is 10.2. The van der Waals surface area contributed by atoms with Crippen molar-refractivity contribution in [3.05, 3.63) is 102 Å². The Morgan fingerprint density at radius 1 is 0.582 bits per heavy atom. The van der Waals surface area contributed by atoms with Crippen LogP contribution < -0.4 is 4.74 Å². The van der Waals surface area contributed by atoms with Gasteiger partial charge in [-0.1, -0.05) is 163 Å². The van der Waals surface area contributed by atoms with Crippen molar-refractivity contribution >= 4 is 6.21 Å². The average molecular weight is 755 g/mol. The molecule has 0 unspecified atom stereocenters. The first-order chi connectivity index (χ1) is 26.4. The molecule has 2 heterocycles. The lowest BCUT2D eigenvalue weighted by Crippen LogP contribution is -2.06. The van der Waals surface area contributed by atoms with E-state index in [-0.39, 0.29) is 0 Å². The van der Waals surface area contributed by atoms with Crippen molar-refractivity contribution in [2.75, 3.05) is 7.11 Å². The number of aliphatic imine (C=N–C) groups is 1. The standard InChI is InChI=1S/C12H18O.C11H22.C11H16.2C9H15N/c1-10(2)4-5-11-6-8-12(13-3)9-7-11;2*1-10(2)8-9-11-6-4-3-5-7-11;1-8(2)5-6-9-4-3-7-10-9;1-9(2)5-8-10-6-3-4-7-10/h6-10H,4-5H2,1-3H3;10-11H,3-9H2,1-2H3;3-7,10H,8-9H2,1-2H3;4,7-8H,3,5-6H2,1-2H3;3-4,6-7,9H,5,8H2,1-2H3. The van der Waals surface area contributed by atoms with Crippen LogP contribution >= 0.6 is 0 Å². The Balaban J connectivity index is 0.000000345. The summed E-state index contributed by atoms with van der Waals surface area (Å²) in [4.78, 5) is 4.24. The van der Waals surface area contributed by atoms with Crippen LogP contribution in [0.3, 0.4) is 0 Å². The molecule has 0 spiro atoms. The molecule has 1 aromatic heterocycles. The summed E-state index contributed by atoms with van der Waals surface area (Å²) in [6.45, 7) is 23.9. The van der Waals surface area contributed by atoms with Gasteiger partial charge in [0.1, 0.15) is 5.75 Å².